The third-order valence-corrected chi connectivity index (χ3v) is 2.91. The first kappa shape index (κ1) is 10.8. The number of hydrogen-bond donors (Lipinski definition) is 0. The number of ether oxygens (including phenoxy) is 2. The normalized spacial score (nSPS) is 20.5. The second kappa shape index (κ2) is 4.86. The number of benzene rings is 1. The maximum Gasteiger partial charge on any atom is 0.119 e. The van der Waals surface area contributed by atoms with Crippen molar-refractivity contribution < 1.29 is 9.47 Å². The van der Waals surface area contributed by atoms with E-state index in [0.29, 0.717) is 13.2 Å². The molecule has 0 fully saturated rings. The average Bonchev–Trinajstić information content (AvgIpc) is 2.42. The van der Waals surface area contributed by atoms with Crippen LogP contribution >= 0.6 is 11.6 Å². The first-order valence-electron chi connectivity index (χ1n) is 5.28. The van der Waals surface area contributed by atoms with Gasteiger partial charge in [-0.1, -0.05) is 6.07 Å². The zero-order valence-corrected chi connectivity index (χ0v) is 9.59. The third-order valence-electron chi connectivity index (χ3n) is 2.55. The lowest BCUT2D eigenvalue weighted by molar-refractivity contribution is 0.143. The fourth-order valence-corrected chi connectivity index (χ4v) is 2.10. The number of fused-ring (bicyclic) bond motifs is 1. The maximum atomic E-state index is 6.24. The van der Waals surface area contributed by atoms with Crippen LogP contribution in [-0.2, 0) is 11.2 Å². The summed E-state index contributed by atoms with van der Waals surface area (Å²) < 4.78 is 10.9. The number of alkyl halides is 1. The Kier molecular flexibility index (Phi) is 3.49. The molecule has 0 N–H and O–H groups in total. The molecule has 1 aromatic rings. The van der Waals surface area contributed by atoms with E-state index < -0.39 is 0 Å². The van der Waals surface area contributed by atoms with Crippen LogP contribution in [0.5, 0.6) is 5.75 Å². The van der Waals surface area contributed by atoms with Gasteiger partial charge in [-0.2, -0.15) is 0 Å². The Labute approximate surface area is 95.1 Å². The molecule has 1 aromatic carbocycles. The zero-order valence-electron chi connectivity index (χ0n) is 8.83. The Morgan fingerprint density at radius 3 is 3.20 bits per heavy atom. The van der Waals surface area contributed by atoms with Crippen LogP contribution in [0.1, 0.15) is 23.4 Å². The SMILES string of the molecule is CCOc1ccc2c(c1)C(Cl)COCC2. The molecule has 0 saturated carbocycles. The second-order valence-electron chi connectivity index (χ2n) is 3.59. The zero-order chi connectivity index (χ0) is 10.7. The maximum absolute atomic E-state index is 6.24. The fraction of sp³-hybridized carbons (Fsp3) is 0.500. The average molecular weight is 227 g/mol. The number of rotatable bonds is 2. The summed E-state index contributed by atoms with van der Waals surface area (Å²) in [5.74, 6) is 0.892. The van der Waals surface area contributed by atoms with E-state index in [9.17, 15) is 0 Å². The highest BCUT2D eigenvalue weighted by molar-refractivity contribution is 6.21. The number of halogens is 1. The van der Waals surface area contributed by atoms with Gasteiger partial charge in [-0.15, -0.1) is 11.6 Å². The van der Waals surface area contributed by atoms with Gasteiger partial charge in [-0.05, 0) is 36.6 Å². The predicted octanol–water partition coefficient (Wildman–Crippen LogP) is 2.94. The van der Waals surface area contributed by atoms with Crippen molar-refractivity contribution in [3.63, 3.8) is 0 Å². The van der Waals surface area contributed by atoms with Crippen molar-refractivity contribution >= 4 is 11.6 Å². The Bertz CT molecular complexity index is 338. The smallest absolute Gasteiger partial charge is 0.119 e. The van der Waals surface area contributed by atoms with E-state index in [2.05, 4.69) is 6.07 Å². The van der Waals surface area contributed by atoms with Gasteiger partial charge < -0.3 is 9.47 Å². The summed E-state index contributed by atoms with van der Waals surface area (Å²) in [5.41, 5.74) is 2.43. The lowest BCUT2D eigenvalue weighted by Crippen LogP contribution is -2.00. The molecule has 0 amide bonds. The monoisotopic (exact) mass is 226 g/mol. The highest BCUT2D eigenvalue weighted by atomic mass is 35.5. The first-order valence-corrected chi connectivity index (χ1v) is 5.72. The van der Waals surface area contributed by atoms with E-state index in [0.717, 1.165) is 24.3 Å². The van der Waals surface area contributed by atoms with Crippen molar-refractivity contribution in [2.75, 3.05) is 19.8 Å². The quantitative estimate of drug-likeness (QED) is 0.722. The number of hydrogen-bond acceptors (Lipinski definition) is 2. The molecule has 2 nitrogen and oxygen atoms in total. The molecular formula is C12H15ClO2. The second-order valence-corrected chi connectivity index (χ2v) is 4.11. The van der Waals surface area contributed by atoms with E-state index >= 15 is 0 Å². The summed E-state index contributed by atoms with van der Waals surface area (Å²) in [4.78, 5) is 0. The van der Waals surface area contributed by atoms with E-state index in [1.165, 1.54) is 5.56 Å². The van der Waals surface area contributed by atoms with Crippen molar-refractivity contribution in [2.45, 2.75) is 18.7 Å². The molecule has 1 atom stereocenters. The van der Waals surface area contributed by atoms with Crippen LogP contribution < -0.4 is 4.74 Å². The van der Waals surface area contributed by atoms with Crippen LogP contribution in [0.4, 0.5) is 0 Å². The van der Waals surface area contributed by atoms with Gasteiger partial charge in [0, 0.05) is 0 Å². The van der Waals surface area contributed by atoms with E-state index in [-0.39, 0.29) is 5.38 Å². The Balaban J connectivity index is 2.31. The molecule has 0 aromatic heterocycles. The fourth-order valence-electron chi connectivity index (χ4n) is 1.81. The van der Waals surface area contributed by atoms with Gasteiger partial charge in [0.15, 0.2) is 0 Å². The summed E-state index contributed by atoms with van der Waals surface area (Å²) in [5, 5.41) is -0.0529. The molecule has 0 spiro atoms. The standard InChI is InChI=1S/C12H15ClO2/c1-2-15-10-4-3-9-5-6-14-8-12(13)11(9)7-10/h3-4,7,12H,2,5-6,8H2,1H3. The summed E-state index contributed by atoms with van der Waals surface area (Å²) in [6.07, 6.45) is 0.935. The molecule has 2 rings (SSSR count). The Morgan fingerprint density at radius 2 is 2.40 bits per heavy atom. The van der Waals surface area contributed by atoms with Gasteiger partial charge in [0.1, 0.15) is 5.75 Å². The van der Waals surface area contributed by atoms with E-state index in [1.807, 2.05) is 19.1 Å². The lowest BCUT2D eigenvalue weighted by atomic mass is 10.0. The van der Waals surface area contributed by atoms with Gasteiger partial charge in [-0.3, -0.25) is 0 Å². The van der Waals surface area contributed by atoms with E-state index in [1.54, 1.807) is 0 Å². The highest BCUT2D eigenvalue weighted by Gasteiger charge is 2.17. The van der Waals surface area contributed by atoms with Crippen molar-refractivity contribution in [2.24, 2.45) is 0 Å². The molecule has 3 heteroatoms. The van der Waals surface area contributed by atoms with Gasteiger partial charge in [0.2, 0.25) is 0 Å². The largest absolute Gasteiger partial charge is 0.494 e. The van der Waals surface area contributed by atoms with Crippen molar-refractivity contribution in [1.82, 2.24) is 0 Å². The summed E-state index contributed by atoms with van der Waals surface area (Å²) in [6, 6.07) is 6.12. The molecule has 0 bridgehead atoms. The van der Waals surface area contributed by atoms with Crippen molar-refractivity contribution in [3.05, 3.63) is 29.3 Å². The van der Waals surface area contributed by atoms with Crippen LogP contribution in [0.15, 0.2) is 18.2 Å². The lowest BCUT2D eigenvalue weighted by Gasteiger charge is -2.12. The van der Waals surface area contributed by atoms with Crippen LogP contribution in [0.25, 0.3) is 0 Å². The Hall–Kier alpha value is -0.730. The minimum absolute atomic E-state index is 0.0529. The van der Waals surface area contributed by atoms with Crippen LogP contribution in [0, 0.1) is 0 Å². The third kappa shape index (κ3) is 2.44. The molecule has 82 valence electrons. The van der Waals surface area contributed by atoms with Crippen molar-refractivity contribution in [3.8, 4) is 5.75 Å². The van der Waals surface area contributed by atoms with Gasteiger partial charge in [-0.25, -0.2) is 0 Å². The molecule has 1 unspecified atom stereocenters. The molecular weight excluding hydrogens is 212 g/mol. The minimum atomic E-state index is -0.0529. The molecule has 0 saturated heterocycles. The molecule has 0 aliphatic carbocycles. The Morgan fingerprint density at radius 1 is 1.53 bits per heavy atom. The van der Waals surface area contributed by atoms with Crippen LogP contribution in [0.2, 0.25) is 0 Å². The van der Waals surface area contributed by atoms with Gasteiger partial charge >= 0.3 is 0 Å². The first-order chi connectivity index (χ1) is 7.31. The van der Waals surface area contributed by atoms with Crippen LogP contribution in [0.3, 0.4) is 0 Å². The minimum Gasteiger partial charge on any atom is -0.494 e. The summed E-state index contributed by atoms with van der Waals surface area (Å²) in [6.45, 7) is 4.00. The van der Waals surface area contributed by atoms with Crippen molar-refractivity contribution in [1.29, 1.82) is 0 Å². The molecule has 1 heterocycles. The molecule has 1 aliphatic heterocycles. The molecule has 15 heavy (non-hydrogen) atoms. The van der Waals surface area contributed by atoms with Crippen LogP contribution in [-0.4, -0.2) is 19.8 Å². The topological polar surface area (TPSA) is 18.5 Å². The van der Waals surface area contributed by atoms with Gasteiger partial charge in [0.05, 0.1) is 25.2 Å². The molecule has 1 aliphatic rings. The van der Waals surface area contributed by atoms with E-state index in [4.69, 9.17) is 21.1 Å². The highest BCUT2D eigenvalue weighted by Crippen LogP contribution is 2.30. The molecule has 0 radical (unpaired) electrons. The van der Waals surface area contributed by atoms with Gasteiger partial charge in [0.25, 0.3) is 0 Å². The summed E-state index contributed by atoms with van der Waals surface area (Å²) >= 11 is 6.24. The summed E-state index contributed by atoms with van der Waals surface area (Å²) in [7, 11) is 0. The predicted molar refractivity (Wildman–Crippen MR) is 60.7 cm³/mol.